The summed E-state index contributed by atoms with van der Waals surface area (Å²) in [6.07, 6.45) is 1.54. The first kappa shape index (κ1) is 13.5. The summed E-state index contributed by atoms with van der Waals surface area (Å²) >= 11 is 0. The van der Waals surface area contributed by atoms with Crippen LogP contribution < -0.4 is 5.32 Å². The number of carbonyl (C=O) groups is 1. The number of aromatic amines is 1. The van der Waals surface area contributed by atoms with Gasteiger partial charge < -0.3 is 5.32 Å². The van der Waals surface area contributed by atoms with Gasteiger partial charge in [-0.15, -0.1) is 0 Å². The minimum Gasteiger partial charge on any atom is -0.353 e. The van der Waals surface area contributed by atoms with Gasteiger partial charge in [-0.2, -0.15) is 5.10 Å². The molecule has 2 rings (SSSR count). The maximum absolute atomic E-state index is 12.1. The Morgan fingerprint density at radius 3 is 2.84 bits per heavy atom. The molecule has 0 saturated heterocycles. The van der Waals surface area contributed by atoms with Crippen LogP contribution in [0.3, 0.4) is 0 Å². The Hall–Kier alpha value is -1.89. The van der Waals surface area contributed by atoms with E-state index in [4.69, 9.17) is 0 Å². The maximum atomic E-state index is 12.1. The molecule has 0 bridgehead atoms. The van der Waals surface area contributed by atoms with E-state index in [1.54, 1.807) is 26.1 Å². The van der Waals surface area contributed by atoms with Crippen LogP contribution in [0.1, 0.15) is 13.8 Å². The van der Waals surface area contributed by atoms with E-state index in [-0.39, 0.29) is 10.9 Å². The van der Waals surface area contributed by atoms with Crippen molar-refractivity contribution < 1.29 is 13.2 Å². The Balaban J connectivity index is 2.25. The van der Waals surface area contributed by atoms with Gasteiger partial charge in [-0.3, -0.25) is 9.89 Å². The van der Waals surface area contributed by atoms with E-state index >= 15 is 0 Å². The molecule has 1 heterocycles. The predicted molar refractivity (Wildman–Crippen MR) is 71.4 cm³/mol. The van der Waals surface area contributed by atoms with Crippen LogP contribution >= 0.6 is 0 Å². The number of nitrogens with zero attached hydrogens (tertiary/aromatic N) is 1. The van der Waals surface area contributed by atoms with Crippen molar-refractivity contribution >= 4 is 26.6 Å². The lowest BCUT2D eigenvalue weighted by atomic mass is 10.3. The van der Waals surface area contributed by atoms with Gasteiger partial charge in [0.1, 0.15) is 5.75 Å². The van der Waals surface area contributed by atoms with E-state index in [0.717, 1.165) is 5.52 Å². The van der Waals surface area contributed by atoms with Gasteiger partial charge >= 0.3 is 0 Å². The molecule has 1 aromatic carbocycles. The standard InChI is InChI=1S/C12H15N3O3S/c1-8(2)14-12(16)7-19(17,18)10-3-4-11-9(5-10)6-13-15-11/h3-6,8H,7H2,1-2H3,(H,13,15)(H,14,16). The number of carbonyl (C=O) groups excluding carboxylic acids is 1. The van der Waals surface area contributed by atoms with Crippen molar-refractivity contribution in [2.24, 2.45) is 0 Å². The Morgan fingerprint density at radius 1 is 1.42 bits per heavy atom. The zero-order valence-corrected chi connectivity index (χ0v) is 11.5. The molecule has 0 fully saturated rings. The quantitative estimate of drug-likeness (QED) is 0.869. The number of aromatic nitrogens is 2. The average molecular weight is 281 g/mol. The van der Waals surface area contributed by atoms with Crippen LogP contribution in [0.5, 0.6) is 0 Å². The third-order valence-electron chi connectivity index (χ3n) is 2.54. The molecular weight excluding hydrogens is 266 g/mol. The van der Waals surface area contributed by atoms with E-state index in [1.807, 2.05) is 0 Å². The second-order valence-electron chi connectivity index (χ2n) is 4.60. The van der Waals surface area contributed by atoms with Gasteiger partial charge in [0.25, 0.3) is 0 Å². The molecule has 2 aromatic rings. The highest BCUT2D eigenvalue weighted by Gasteiger charge is 2.20. The Bertz CT molecular complexity index is 704. The molecule has 102 valence electrons. The molecule has 6 nitrogen and oxygen atoms in total. The van der Waals surface area contributed by atoms with Crippen LogP contribution in [-0.4, -0.2) is 36.3 Å². The van der Waals surface area contributed by atoms with E-state index in [9.17, 15) is 13.2 Å². The topological polar surface area (TPSA) is 91.9 Å². The second-order valence-corrected chi connectivity index (χ2v) is 6.59. The van der Waals surface area contributed by atoms with Crippen molar-refractivity contribution in [1.29, 1.82) is 0 Å². The van der Waals surface area contributed by atoms with Gasteiger partial charge in [0.2, 0.25) is 5.91 Å². The molecular formula is C12H15N3O3S. The normalized spacial score (nSPS) is 11.9. The van der Waals surface area contributed by atoms with Crippen LogP contribution in [0, 0.1) is 0 Å². The van der Waals surface area contributed by atoms with Gasteiger partial charge in [-0.1, -0.05) is 0 Å². The Morgan fingerprint density at radius 2 is 2.16 bits per heavy atom. The predicted octanol–water partition coefficient (Wildman–Crippen LogP) is 0.861. The molecule has 2 N–H and O–H groups in total. The molecule has 0 aliphatic heterocycles. The van der Waals surface area contributed by atoms with Crippen molar-refractivity contribution in [3.8, 4) is 0 Å². The lowest BCUT2D eigenvalue weighted by molar-refractivity contribution is -0.119. The van der Waals surface area contributed by atoms with E-state index in [1.165, 1.54) is 12.1 Å². The molecule has 0 aliphatic rings. The molecule has 0 spiro atoms. The van der Waals surface area contributed by atoms with E-state index < -0.39 is 21.5 Å². The van der Waals surface area contributed by atoms with Gasteiger partial charge in [-0.25, -0.2) is 8.42 Å². The van der Waals surface area contributed by atoms with Crippen LogP contribution in [0.4, 0.5) is 0 Å². The number of amides is 1. The fourth-order valence-electron chi connectivity index (χ4n) is 1.73. The molecule has 1 aromatic heterocycles. The summed E-state index contributed by atoms with van der Waals surface area (Å²) in [5, 5.41) is 9.83. The number of benzene rings is 1. The van der Waals surface area contributed by atoms with Crippen molar-refractivity contribution in [3.05, 3.63) is 24.4 Å². The Kier molecular flexibility index (Phi) is 3.57. The average Bonchev–Trinajstić information content (AvgIpc) is 2.73. The van der Waals surface area contributed by atoms with Crippen molar-refractivity contribution in [2.75, 3.05) is 5.75 Å². The highest BCUT2D eigenvalue weighted by Crippen LogP contribution is 2.18. The fraction of sp³-hybridized carbons (Fsp3) is 0.333. The molecule has 19 heavy (non-hydrogen) atoms. The molecule has 0 aliphatic carbocycles. The number of hydrogen-bond acceptors (Lipinski definition) is 4. The second kappa shape index (κ2) is 5.00. The molecule has 0 atom stereocenters. The summed E-state index contributed by atoms with van der Waals surface area (Å²) in [6.45, 7) is 3.56. The summed E-state index contributed by atoms with van der Waals surface area (Å²) in [5.74, 6) is -1.04. The smallest absolute Gasteiger partial charge is 0.235 e. The molecule has 7 heteroatoms. The first-order valence-corrected chi connectivity index (χ1v) is 7.49. The summed E-state index contributed by atoms with van der Waals surface area (Å²) < 4.78 is 24.2. The fourth-order valence-corrected chi connectivity index (χ4v) is 2.91. The maximum Gasteiger partial charge on any atom is 0.235 e. The number of nitrogens with one attached hydrogen (secondary N) is 2. The number of sulfone groups is 1. The SMILES string of the molecule is CC(C)NC(=O)CS(=O)(=O)c1ccc2[nH]ncc2c1. The third-order valence-corrected chi connectivity index (χ3v) is 4.16. The lowest BCUT2D eigenvalue weighted by Gasteiger charge is -2.08. The van der Waals surface area contributed by atoms with E-state index in [0.29, 0.717) is 5.39 Å². The number of hydrogen-bond donors (Lipinski definition) is 2. The summed E-state index contributed by atoms with van der Waals surface area (Å²) in [4.78, 5) is 11.7. The zero-order chi connectivity index (χ0) is 14.0. The van der Waals surface area contributed by atoms with Crippen LogP contribution in [0.25, 0.3) is 10.9 Å². The van der Waals surface area contributed by atoms with E-state index in [2.05, 4.69) is 15.5 Å². The molecule has 0 saturated carbocycles. The van der Waals surface area contributed by atoms with Gasteiger partial charge in [-0.05, 0) is 32.0 Å². The van der Waals surface area contributed by atoms with Crippen LogP contribution in [-0.2, 0) is 14.6 Å². The van der Waals surface area contributed by atoms with Crippen LogP contribution in [0.2, 0.25) is 0 Å². The first-order chi connectivity index (χ1) is 8.88. The van der Waals surface area contributed by atoms with Crippen molar-refractivity contribution in [3.63, 3.8) is 0 Å². The number of fused-ring (bicyclic) bond motifs is 1. The highest BCUT2D eigenvalue weighted by atomic mass is 32.2. The van der Waals surface area contributed by atoms with Gasteiger partial charge in [0, 0.05) is 11.4 Å². The summed E-state index contributed by atoms with van der Waals surface area (Å²) in [6, 6.07) is 4.53. The largest absolute Gasteiger partial charge is 0.353 e. The molecule has 1 amide bonds. The van der Waals surface area contributed by atoms with Crippen molar-refractivity contribution in [1.82, 2.24) is 15.5 Å². The zero-order valence-electron chi connectivity index (χ0n) is 10.7. The Labute approximate surface area is 111 Å². The third kappa shape index (κ3) is 3.11. The highest BCUT2D eigenvalue weighted by molar-refractivity contribution is 7.92. The number of rotatable bonds is 4. The monoisotopic (exact) mass is 281 g/mol. The number of H-pyrrole nitrogens is 1. The lowest BCUT2D eigenvalue weighted by Crippen LogP contribution is -2.35. The van der Waals surface area contributed by atoms with Crippen LogP contribution in [0.15, 0.2) is 29.3 Å². The van der Waals surface area contributed by atoms with Crippen molar-refractivity contribution in [2.45, 2.75) is 24.8 Å². The molecule has 0 unspecified atom stereocenters. The minimum absolute atomic E-state index is 0.0842. The summed E-state index contributed by atoms with van der Waals surface area (Å²) in [7, 11) is -3.63. The minimum atomic E-state index is -3.63. The summed E-state index contributed by atoms with van der Waals surface area (Å²) in [5.41, 5.74) is 0.755. The van der Waals surface area contributed by atoms with Gasteiger partial charge in [0.05, 0.1) is 16.6 Å². The first-order valence-electron chi connectivity index (χ1n) is 5.84. The van der Waals surface area contributed by atoms with Gasteiger partial charge in [0.15, 0.2) is 9.84 Å². The molecule has 0 radical (unpaired) electrons.